The van der Waals surface area contributed by atoms with Crippen LogP contribution in [0.2, 0.25) is 0 Å². The average Bonchev–Trinajstić information content (AvgIpc) is 2.33. The monoisotopic (exact) mass is 303 g/mol. The van der Waals surface area contributed by atoms with E-state index >= 15 is 0 Å². The molecule has 0 atom stereocenters. The van der Waals surface area contributed by atoms with Gasteiger partial charge in [-0.3, -0.25) is 0 Å². The van der Waals surface area contributed by atoms with Crippen LogP contribution in [0, 0.1) is 0 Å². The number of anilines is 2. The lowest BCUT2D eigenvalue weighted by Crippen LogP contribution is -2.25. The second kappa shape index (κ2) is 5.70. The second-order valence-corrected chi connectivity index (χ2v) is 5.58. The zero-order valence-electron chi connectivity index (χ0n) is 8.74. The number of hydrogen-bond acceptors (Lipinski definition) is 6. The summed E-state index contributed by atoms with van der Waals surface area (Å²) in [6.07, 6.45) is 3.85. The Morgan fingerprint density at radius 1 is 1.31 bits per heavy atom. The molecule has 16 heavy (non-hydrogen) atoms. The zero-order chi connectivity index (χ0) is 11.4. The molecule has 88 valence electrons. The fourth-order valence-corrected chi connectivity index (χ4v) is 3.15. The molecule has 1 aliphatic heterocycles. The van der Waals surface area contributed by atoms with Gasteiger partial charge in [0.15, 0.2) is 5.82 Å². The summed E-state index contributed by atoms with van der Waals surface area (Å²) >= 11 is 5.44. The molecule has 4 N–H and O–H groups in total. The first-order valence-corrected chi connectivity index (χ1v) is 7.07. The van der Waals surface area contributed by atoms with Crippen LogP contribution in [-0.2, 0) is 0 Å². The maximum atomic E-state index is 5.35. The number of thioether (sulfide) groups is 1. The van der Waals surface area contributed by atoms with Crippen LogP contribution < -0.4 is 16.6 Å². The number of rotatable bonds is 3. The smallest absolute Gasteiger partial charge is 0.159 e. The number of aromatic nitrogens is 2. The molecule has 0 spiro atoms. The Labute approximate surface area is 107 Å². The van der Waals surface area contributed by atoms with E-state index in [9.17, 15) is 0 Å². The molecule has 1 fully saturated rings. The third kappa shape index (κ3) is 2.78. The molecule has 1 aliphatic rings. The molecule has 1 aromatic heterocycles. The Morgan fingerprint density at radius 2 is 2.00 bits per heavy atom. The summed E-state index contributed by atoms with van der Waals surface area (Å²) in [4.78, 5) is 8.22. The van der Waals surface area contributed by atoms with Crippen molar-refractivity contribution in [1.82, 2.24) is 9.97 Å². The van der Waals surface area contributed by atoms with Crippen molar-refractivity contribution in [2.45, 2.75) is 18.9 Å². The van der Waals surface area contributed by atoms with Crippen LogP contribution in [-0.4, -0.2) is 27.5 Å². The predicted octanol–water partition coefficient (Wildman–Crippen LogP) is 1.83. The van der Waals surface area contributed by atoms with Crippen molar-refractivity contribution in [3.8, 4) is 0 Å². The van der Waals surface area contributed by atoms with Gasteiger partial charge in [0, 0.05) is 6.04 Å². The van der Waals surface area contributed by atoms with E-state index in [1.807, 2.05) is 11.8 Å². The fraction of sp³-hybridized carbons (Fsp3) is 0.556. The van der Waals surface area contributed by atoms with Crippen molar-refractivity contribution in [3.05, 3.63) is 10.8 Å². The molecule has 0 amide bonds. The van der Waals surface area contributed by atoms with E-state index in [0.717, 1.165) is 10.3 Å². The fourth-order valence-electron chi connectivity index (χ4n) is 1.61. The number of hydrazine groups is 1. The quantitative estimate of drug-likeness (QED) is 0.584. The molecule has 5 nitrogen and oxygen atoms in total. The SMILES string of the molecule is NNc1ncnc(NC2CCSCC2)c1Br. The van der Waals surface area contributed by atoms with Crippen molar-refractivity contribution in [2.75, 3.05) is 22.2 Å². The van der Waals surface area contributed by atoms with Gasteiger partial charge in [0.2, 0.25) is 0 Å². The normalized spacial score (nSPS) is 17.1. The predicted molar refractivity (Wildman–Crippen MR) is 71.5 cm³/mol. The third-order valence-electron chi connectivity index (χ3n) is 2.49. The molecule has 2 heterocycles. The van der Waals surface area contributed by atoms with Gasteiger partial charge in [0.1, 0.15) is 16.6 Å². The number of nitrogens with two attached hydrogens (primary N) is 1. The van der Waals surface area contributed by atoms with E-state index in [0.29, 0.717) is 11.9 Å². The Balaban J connectivity index is 2.08. The van der Waals surface area contributed by atoms with Crippen LogP contribution in [0.5, 0.6) is 0 Å². The van der Waals surface area contributed by atoms with E-state index in [1.54, 1.807) is 0 Å². The molecule has 0 unspecified atom stereocenters. The van der Waals surface area contributed by atoms with Crippen LogP contribution in [0.25, 0.3) is 0 Å². The standard InChI is InChI=1S/C9H14BrN5S/c10-7-8(12-5-13-9(7)15-11)14-6-1-3-16-4-2-6/h5-6H,1-4,11H2,(H2,12,13,14,15). The van der Waals surface area contributed by atoms with Gasteiger partial charge in [0.25, 0.3) is 0 Å². The lowest BCUT2D eigenvalue weighted by Gasteiger charge is -2.23. The maximum absolute atomic E-state index is 5.35. The highest BCUT2D eigenvalue weighted by Gasteiger charge is 2.16. The number of hydrogen-bond donors (Lipinski definition) is 3. The summed E-state index contributed by atoms with van der Waals surface area (Å²) in [7, 11) is 0. The van der Waals surface area contributed by atoms with Gasteiger partial charge in [-0.05, 0) is 40.3 Å². The van der Waals surface area contributed by atoms with Gasteiger partial charge >= 0.3 is 0 Å². The zero-order valence-corrected chi connectivity index (χ0v) is 11.1. The molecule has 0 aliphatic carbocycles. The van der Waals surface area contributed by atoms with Gasteiger partial charge in [-0.25, -0.2) is 15.8 Å². The van der Waals surface area contributed by atoms with Crippen molar-refractivity contribution in [2.24, 2.45) is 5.84 Å². The van der Waals surface area contributed by atoms with E-state index in [4.69, 9.17) is 5.84 Å². The van der Waals surface area contributed by atoms with Gasteiger partial charge < -0.3 is 10.7 Å². The van der Waals surface area contributed by atoms with E-state index in [2.05, 4.69) is 36.6 Å². The highest BCUT2D eigenvalue weighted by molar-refractivity contribution is 9.10. The molecule has 0 saturated carbocycles. The van der Waals surface area contributed by atoms with Crippen molar-refractivity contribution < 1.29 is 0 Å². The number of nitrogen functional groups attached to an aromatic ring is 1. The van der Waals surface area contributed by atoms with Crippen LogP contribution in [0.15, 0.2) is 10.8 Å². The third-order valence-corrected chi connectivity index (χ3v) is 4.29. The van der Waals surface area contributed by atoms with Gasteiger partial charge in [0.05, 0.1) is 0 Å². The Kier molecular flexibility index (Phi) is 4.25. The van der Waals surface area contributed by atoms with E-state index in [1.165, 1.54) is 30.7 Å². The Hall–Kier alpha value is -0.530. The molecular formula is C9H14BrN5S. The molecule has 7 heteroatoms. The topological polar surface area (TPSA) is 75.9 Å². The number of nitrogens with zero attached hydrogens (tertiary/aromatic N) is 2. The highest BCUT2D eigenvalue weighted by atomic mass is 79.9. The molecule has 1 aromatic rings. The second-order valence-electron chi connectivity index (χ2n) is 3.56. The largest absolute Gasteiger partial charge is 0.366 e. The molecule has 1 saturated heterocycles. The van der Waals surface area contributed by atoms with E-state index < -0.39 is 0 Å². The minimum atomic E-state index is 0.498. The average molecular weight is 304 g/mol. The minimum Gasteiger partial charge on any atom is -0.366 e. The minimum absolute atomic E-state index is 0.498. The van der Waals surface area contributed by atoms with Crippen LogP contribution in [0.3, 0.4) is 0 Å². The van der Waals surface area contributed by atoms with Crippen LogP contribution in [0.4, 0.5) is 11.6 Å². The highest BCUT2D eigenvalue weighted by Crippen LogP contribution is 2.28. The first-order chi connectivity index (χ1) is 7.81. The lowest BCUT2D eigenvalue weighted by molar-refractivity contribution is 0.663. The Morgan fingerprint density at radius 3 is 2.69 bits per heavy atom. The first kappa shape index (κ1) is 11.9. The maximum Gasteiger partial charge on any atom is 0.159 e. The van der Waals surface area contributed by atoms with E-state index in [-0.39, 0.29) is 0 Å². The summed E-state index contributed by atoms with van der Waals surface area (Å²) in [5.74, 6) is 9.18. The summed E-state index contributed by atoms with van der Waals surface area (Å²) in [5, 5.41) is 3.42. The van der Waals surface area contributed by atoms with Crippen LogP contribution >= 0.6 is 27.7 Å². The summed E-state index contributed by atoms with van der Waals surface area (Å²) in [6.45, 7) is 0. The summed E-state index contributed by atoms with van der Waals surface area (Å²) in [6, 6.07) is 0.498. The van der Waals surface area contributed by atoms with Crippen molar-refractivity contribution in [1.29, 1.82) is 0 Å². The van der Waals surface area contributed by atoms with Gasteiger partial charge in [-0.15, -0.1) is 0 Å². The molecule has 2 rings (SSSR count). The summed E-state index contributed by atoms with van der Waals surface area (Å²) in [5.41, 5.74) is 2.53. The number of nitrogens with one attached hydrogen (secondary N) is 2. The molecule has 0 radical (unpaired) electrons. The van der Waals surface area contributed by atoms with Crippen molar-refractivity contribution >= 4 is 39.3 Å². The Bertz CT molecular complexity index is 356. The number of halogens is 1. The van der Waals surface area contributed by atoms with Gasteiger partial charge in [-0.1, -0.05) is 0 Å². The first-order valence-electron chi connectivity index (χ1n) is 5.12. The molecular weight excluding hydrogens is 290 g/mol. The van der Waals surface area contributed by atoms with Crippen molar-refractivity contribution in [3.63, 3.8) is 0 Å². The van der Waals surface area contributed by atoms with Crippen LogP contribution in [0.1, 0.15) is 12.8 Å². The molecule has 0 aromatic carbocycles. The van der Waals surface area contributed by atoms with Gasteiger partial charge in [-0.2, -0.15) is 11.8 Å². The summed E-state index contributed by atoms with van der Waals surface area (Å²) < 4.78 is 0.788. The molecule has 0 bridgehead atoms. The lowest BCUT2D eigenvalue weighted by atomic mass is 10.1.